The van der Waals surface area contributed by atoms with E-state index in [4.69, 9.17) is 5.73 Å². The fourth-order valence-electron chi connectivity index (χ4n) is 1.16. The van der Waals surface area contributed by atoms with E-state index in [1.807, 2.05) is 0 Å². The zero-order valence-electron chi connectivity index (χ0n) is 9.19. The summed E-state index contributed by atoms with van der Waals surface area (Å²) in [5.41, 5.74) is 5.10. The topological polar surface area (TPSA) is 86.5 Å². The Morgan fingerprint density at radius 3 is 2.33 bits per heavy atom. The summed E-state index contributed by atoms with van der Waals surface area (Å²) in [7, 11) is -0.163. The van der Waals surface area contributed by atoms with E-state index < -0.39 is 33.2 Å². The van der Waals surface area contributed by atoms with Gasteiger partial charge in [-0.05, 0) is 6.42 Å². The van der Waals surface area contributed by atoms with Crippen molar-refractivity contribution in [2.75, 3.05) is 7.11 Å². The SMILES string of the molecule is CCC(C(N)=O)S(=O)C(C)CC(=O)OC. The van der Waals surface area contributed by atoms with Crippen molar-refractivity contribution in [3.63, 3.8) is 0 Å². The van der Waals surface area contributed by atoms with Gasteiger partial charge in [0.1, 0.15) is 5.25 Å². The van der Waals surface area contributed by atoms with Crippen LogP contribution in [0.1, 0.15) is 26.7 Å². The van der Waals surface area contributed by atoms with E-state index >= 15 is 0 Å². The third-order valence-electron chi connectivity index (χ3n) is 2.05. The lowest BCUT2D eigenvalue weighted by atomic mass is 10.3. The van der Waals surface area contributed by atoms with E-state index in [-0.39, 0.29) is 6.42 Å². The molecule has 0 saturated carbocycles. The first-order valence-electron chi connectivity index (χ1n) is 4.69. The lowest BCUT2D eigenvalue weighted by Crippen LogP contribution is -2.36. The second kappa shape index (κ2) is 6.55. The van der Waals surface area contributed by atoms with Gasteiger partial charge in [-0.25, -0.2) is 0 Å². The Labute approximate surface area is 91.8 Å². The number of hydrogen-bond donors (Lipinski definition) is 1. The number of carbonyl (C=O) groups is 2. The Hall–Kier alpha value is -0.910. The first kappa shape index (κ1) is 14.1. The number of ether oxygens (including phenoxy) is 1. The predicted octanol–water partition coefficient (Wildman–Crippen LogP) is -0.0494. The lowest BCUT2D eigenvalue weighted by molar-refractivity contribution is -0.140. The number of primary amides is 1. The van der Waals surface area contributed by atoms with E-state index in [0.29, 0.717) is 6.42 Å². The molecule has 0 aliphatic rings. The molecule has 0 aliphatic heterocycles. The molecule has 0 spiro atoms. The standard InChI is InChI=1S/C9H17NO4S/c1-4-7(9(10)12)15(13)6(2)5-8(11)14-3/h6-7H,4-5H2,1-3H3,(H2,10,12). The fraction of sp³-hybridized carbons (Fsp3) is 0.778. The van der Waals surface area contributed by atoms with Crippen LogP contribution < -0.4 is 5.73 Å². The minimum atomic E-state index is -1.43. The van der Waals surface area contributed by atoms with Crippen LogP contribution >= 0.6 is 0 Å². The van der Waals surface area contributed by atoms with Crippen molar-refractivity contribution in [3.05, 3.63) is 0 Å². The molecule has 2 N–H and O–H groups in total. The molecular formula is C9H17NO4S. The highest BCUT2D eigenvalue weighted by atomic mass is 32.2. The number of amides is 1. The third-order valence-corrected chi connectivity index (χ3v) is 4.13. The van der Waals surface area contributed by atoms with Crippen molar-refractivity contribution in [2.24, 2.45) is 5.73 Å². The summed E-state index contributed by atoms with van der Waals surface area (Å²) in [5, 5.41) is -1.11. The summed E-state index contributed by atoms with van der Waals surface area (Å²) >= 11 is 0. The van der Waals surface area contributed by atoms with Gasteiger partial charge in [-0.1, -0.05) is 13.8 Å². The number of carbonyl (C=O) groups excluding carboxylic acids is 2. The van der Waals surface area contributed by atoms with E-state index in [0.717, 1.165) is 0 Å². The summed E-state index contributed by atoms with van der Waals surface area (Å²) in [6, 6.07) is 0. The van der Waals surface area contributed by atoms with Gasteiger partial charge in [-0.3, -0.25) is 13.8 Å². The summed E-state index contributed by atoms with van der Waals surface area (Å²) in [6.45, 7) is 3.37. The molecule has 0 aromatic rings. The second-order valence-electron chi connectivity index (χ2n) is 3.22. The zero-order chi connectivity index (χ0) is 12.0. The van der Waals surface area contributed by atoms with Gasteiger partial charge in [0.15, 0.2) is 0 Å². The molecule has 0 aromatic heterocycles. The first-order chi connectivity index (χ1) is 6.93. The van der Waals surface area contributed by atoms with Crippen LogP contribution in [0.15, 0.2) is 0 Å². The maximum absolute atomic E-state index is 11.8. The van der Waals surface area contributed by atoms with Crippen molar-refractivity contribution in [3.8, 4) is 0 Å². The summed E-state index contributed by atoms with van der Waals surface area (Å²) < 4.78 is 16.2. The summed E-state index contributed by atoms with van der Waals surface area (Å²) in [4.78, 5) is 21.9. The van der Waals surface area contributed by atoms with Crippen LogP contribution in [0.5, 0.6) is 0 Å². The predicted molar refractivity (Wildman–Crippen MR) is 57.5 cm³/mol. The van der Waals surface area contributed by atoms with E-state index in [1.165, 1.54) is 7.11 Å². The minimum Gasteiger partial charge on any atom is -0.469 e. The van der Waals surface area contributed by atoms with Crippen molar-refractivity contribution in [1.29, 1.82) is 0 Å². The van der Waals surface area contributed by atoms with Gasteiger partial charge in [0.05, 0.1) is 13.5 Å². The Kier molecular flexibility index (Phi) is 6.15. The largest absolute Gasteiger partial charge is 0.469 e. The number of nitrogens with two attached hydrogens (primary N) is 1. The highest BCUT2D eigenvalue weighted by Crippen LogP contribution is 2.11. The number of esters is 1. The lowest BCUT2D eigenvalue weighted by Gasteiger charge is -2.15. The Bertz CT molecular complexity index is 267. The van der Waals surface area contributed by atoms with Gasteiger partial charge in [-0.2, -0.15) is 0 Å². The van der Waals surface area contributed by atoms with Gasteiger partial charge in [0, 0.05) is 16.0 Å². The monoisotopic (exact) mass is 235 g/mol. The van der Waals surface area contributed by atoms with Crippen LogP contribution in [0.2, 0.25) is 0 Å². The fourth-order valence-corrected chi connectivity index (χ4v) is 2.58. The van der Waals surface area contributed by atoms with Gasteiger partial charge in [-0.15, -0.1) is 0 Å². The molecule has 0 radical (unpaired) electrons. The van der Waals surface area contributed by atoms with Crippen LogP contribution in [0.25, 0.3) is 0 Å². The Balaban J connectivity index is 4.41. The molecule has 0 bridgehead atoms. The molecule has 88 valence electrons. The quantitative estimate of drug-likeness (QED) is 0.654. The number of rotatable bonds is 6. The van der Waals surface area contributed by atoms with Crippen LogP contribution in [0.3, 0.4) is 0 Å². The van der Waals surface area contributed by atoms with Crippen LogP contribution in [0, 0.1) is 0 Å². The number of methoxy groups -OCH3 is 1. The summed E-state index contributed by atoms with van der Waals surface area (Å²) in [6.07, 6.45) is 0.445. The molecule has 15 heavy (non-hydrogen) atoms. The molecule has 5 nitrogen and oxygen atoms in total. The average molecular weight is 235 g/mol. The second-order valence-corrected chi connectivity index (χ2v) is 5.25. The molecular weight excluding hydrogens is 218 g/mol. The molecule has 0 fully saturated rings. The maximum atomic E-state index is 11.8. The molecule has 3 atom stereocenters. The highest BCUT2D eigenvalue weighted by Gasteiger charge is 2.26. The van der Waals surface area contributed by atoms with E-state index in [1.54, 1.807) is 13.8 Å². The van der Waals surface area contributed by atoms with Crippen molar-refractivity contribution in [2.45, 2.75) is 37.2 Å². The molecule has 0 heterocycles. The molecule has 0 aromatic carbocycles. The zero-order valence-corrected chi connectivity index (χ0v) is 10.0. The molecule has 6 heteroatoms. The third kappa shape index (κ3) is 4.42. The van der Waals surface area contributed by atoms with Gasteiger partial charge in [0.25, 0.3) is 0 Å². The molecule has 3 unspecified atom stereocenters. The molecule has 0 rings (SSSR count). The van der Waals surface area contributed by atoms with E-state index in [9.17, 15) is 13.8 Å². The van der Waals surface area contributed by atoms with Crippen LogP contribution in [-0.2, 0) is 25.1 Å². The smallest absolute Gasteiger partial charge is 0.306 e. The van der Waals surface area contributed by atoms with Crippen molar-refractivity contribution < 1.29 is 18.5 Å². The van der Waals surface area contributed by atoms with Gasteiger partial charge < -0.3 is 10.5 Å². The number of hydrogen-bond acceptors (Lipinski definition) is 4. The normalized spacial score (nSPS) is 16.5. The van der Waals surface area contributed by atoms with Gasteiger partial charge in [0.2, 0.25) is 5.91 Å². The minimum absolute atomic E-state index is 0.0346. The molecule has 0 aliphatic carbocycles. The average Bonchev–Trinajstić information content (AvgIpc) is 2.17. The maximum Gasteiger partial charge on any atom is 0.306 e. The van der Waals surface area contributed by atoms with E-state index in [2.05, 4.69) is 4.74 Å². The highest BCUT2D eigenvalue weighted by molar-refractivity contribution is 7.87. The molecule has 1 amide bonds. The van der Waals surface area contributed by atoms with Crippen LogP contribution in [0.4, 0.5) is 0 Å². The first-order valence-corrected chi connectivity index (χ1v) is 5.97. The summed E-state index contributed by atoms with van der Waals surface area (Å²) in [5.74, 6) is -1.03. The van der Waals surface area contributed by atoms with Gasteiger partial charge >= 0.3 is 5.97 Å². The Morgan fingerprint density at radius 2 is 2.00 bits per heavy atom. The van der Waals surface area contributed by atoms with Crippen LogP contribution in [-0.4, -0.2) is 33.7 Å². The molecule has 0 saturated heterocycles. The Morgan fingerprint density at radius 1 is 1.47 bits per heavy atom. The van der Waals surface area contributed by atoms with Crippen molar-refractivity contribution >= 4 is 22.7 Å². The van der Waals surface area contributed by atoms with Crippen molar-refractivity contribution in [1.82, 2.24) is 0 Å².